The fourth-order valence-electron chi connectivity index (χ4n) is 2.50. The van der Waals surface area contributed by atoms with E-state index in [1.165, 1.54) is 5.56 Å². The number of rotatable bonds is 8. The minimum absolute atomic E-state index is 0.148. The molecule has 0 aromatic heterocycles. The first-order chi connectivity index (χ1) is 14.1. The highest BCUT2D eigenvalue weighted by molar-refractivity contribution is 6.31. The summed E-state index contributed by atoms with van der Waals surface area (Å²) in [5.41, 5.74) is 6.35. The molecule has 29 heavy (non-hydrogen) atoms. The summed E-state index contributed by atoms with van der Waals surface area (Å²) in [4.78, 5) is 11.9. The van der Waals surface area contributed by atoms with Gasteiger partial charge < -0.3 is 10.1 Å². The smallest absolute Gasteiger partial charge is 0.259 e. The Balaban J connectivity index is 1.42. The minimum atomic E-state index is -0.221. The van der Waals surface area contributed by atoms with Gasteiger partial charge in [-0.05, 0) is 55.0 Å². The van der Waals surface area contributed by atoms with Crippen LogP contribution < -0.4 is 15.5 Å². The van der Waals surface area contributed by atoms with Gasteiger partial charge in [0.15, 0.2) is 0 Å². The molecule has 148 valence electrons. The lowest BCUT2D eigenvalue weighted by molar-refractivity contribution is -0.119. The summed E-state index contributed by atoms with van der Waals surface area (Å²) in [5, 5.41) is 7.71. The van der Waals surface area contributed by atoms with Gasteiger partial charge in [0.25, 0.3) is 5.91 Å². The number of hydrazone groups is 1. The Kier molecular flexibility index (Phi) is 7.25. The first-order valence-corrected chi connectivity index (χ1v) is 9.57. The van der Waals surface area contributed by atoms with E-state index in [4.69, 9.17) is 16.3 Å². The lowest BCUT2D eigenvalue weighted by Crippen LogP contribution is -2.25. The van der Waals surface area contributed by atoms with Crippen molar-refractivity contribution in [2.45, 2.75) is 13.5 Å². The fraction of sp³-hybridized carbons (Fsp3) is 0.130. The molecule has 3 aromatic carbocycles. The van der Waals surface area contributed by atoms with Gasteiger partial charge in [-0.2, -0.15) is 5.10 Å². The van der Waals surface area contributed by atoms with Crippen molar-refractivity contribution in [1.29, 1.82) is 0 Å². The Hall–Kier alpha value is -3.31. The second-order valence-corrected chi connectivity index (χ2v) is 6.87. The van der Waals surface area contributed by atoms with Crippen molar-refractivity contribution in [3.63, 3.8) is 0 Å². The molecule has 0 saturated carbocycles. The maximum absolute atomic E-state index is 11.9. The number of hydrogen-bond donors (Lipinski definition) is 2. The van der Waals surface area contributed by atoms with Gasteiger partial charge in [0.05, 0.1) is 12.8 Å². The van der Waals surface area contributed by atoms with Crippen LogP contribution in [0.15, 0.2) is 77.9 Å². The van der Waals surface area contributed by atoms with Crippen LogP contribution in [0.2, 0.25) is 5.02 Å². The number of nitrogens with zero attached hydrogens (tertiary/aromatic N) is 1. The largest absolute Gasteiger partial charge is 0.489 e. The molecule has 0 radical (unpaired) electrons. The monoisotopic (exact) mass is 407 g/mol. The Morgan fingerprint density at radius 1 is 1.03 bits per heavy atom. The maximum atomic E-state index is 11.9. The average Bonchev–Trinajstić information content (AvgIpc) is 2.74. The first-order valence-electron chi connectivity index (χ1n) is 9.19. The molecule has 0 aliphatic carbocycles. The molecule has 5 nitrogen and oxygen atoms in total. The lowest BCUT2D eigenvalue weighted by atomic mass is 10.2. The van der Waals surface area contributed by atoms with Gasteiger partial charge in [-0.1, -0.05) is 47.5 Å². The van der Waals surface area contributed by atoms with Crippen molar-refractivity contribution in [2.75, 3.05) is 11.9 Å². The zero-order valence-electron chi connectivity index (χ0n) is 16.1. The first kappa shape index (κ1) is 20.4. The molecule has 0 bridgehead atoms. The van der Waals surface area contributed by atoms with E-state index in [-0.39, 0.29) is 12.5 Å². The van der Waals surface area contributed by atoms with E-state index >= 15 is 0 Å². The van der Waals surface area contributed by atoms with E-state index in [0.717, 1.165) is 22.6 Å². The van der Waals surface area contributed by atoms with Crippen molar-refractivity contribution in [1.82, 2.24) is 5.43 Å². The summed E-state index contributed by atoms with van der Waals surface area (Å²) >= 11 is 6.13. The predicted molar refractivity (Wildman–Crippen MR) is 118 cm³/mol. The van der Waals surface area contributed by atoms with Crippen LogP contribution in [0, 0.1) is 6.92 Å². The molecule has 2 N–H and O–H groups in total. The van der Waals surface area contributed by atoms with Gasteiger partial charge in [0, 0.05) is 16.3 Å². The second-order valence-electron chi connectivity index (χ2n) is 6.46. The Morgan fingerprint density at radius 2 is 1.76 bits per heavy atom. The number of anilines is 1. The summed E-state index contributed by atoms with van der Waals surface area (Å²) in [6.07, 6.45) is 1.58. The van der Waals surface area contributed by atoms with E-state index in [0.29, 0.717) is 11.6 Å². The molecule has 3 rings (SSSR count). The van der Waals surface area contributed by atoms with Gasteiger partial charge in [-0.15, -0.1) is 0 Å². The average molecular weight is 408 g/mol. The number of ether oxygens (including phenoxy) is 1. The van der Waals surface area contributed by atoms with E-state index < -0.39 is 0 Å². The number of hydrogen-bond acceptors (Lipinski definition) is 4. The van der Waals surface area contributed by atoms with E-state index in [1.54, 1.807) is 6.21 Å². The standard InChI is InChI=1S/C23H22ClN3O2/c1-17-6-10-20(11-7-17)25-15-23(28)27-26-14-18-8-12-21(13-9-18)29-16-19-4-2-3-5-22(19)24/h2-14,25H,15-16H2,1H3,(H,27,28). The fourth-order valence-corrected chi connectivity index (χ4v) is 2.69. The number of benzene rings is 3. The highest BCUT2D eigenvalue weighted by Crippen LogP contribution is 2.18. The van der Waals surface area contributed by atoms with Crippen molar-refractivity contribution >= 4 is 29.4 Å². The van der Waals surface area contributed by atoms with Gasteiger partial charge in [0.2, 0.25) is 0 Å². The van der Waals surface area contributed by atoms with Crippen molar-refractivity contribution in [2.24, 2.45) is 5.10 Å². The quantitative estimate of drug-likeness (QED) is 0.417. The van der Waals surface area contributed by atoms with E-state index in [1.807, 2.05) is 79.7 Å². The van der Waals surface area contributed by atoms with E-state index in [2.05, 4.69) is 15.8 Å². The third kappa shape index (κ3) is 6.66. The number of aryl methyl sites for hydroxylation is 1. The highest BCUT2D eigenvalue weighted by Gasteiger charge is 2.01. The second kappa shape index (κ2) is 10.3. The van der Waals surface area contributed by atoms with E-state index in [9.17, 15) is 4.79 Å². The van der Waals surface area contributed by atoms with Gasteiger partial charge in [-0.3, -0.25) is 4.79 Å². The summed E-state index contributed by atoms with van der Waals surface area (Å²) in [6.45, 7) is 2.56. The molecule has 1 amide bonds. The van der Waals surface area contributed by atoms with Crippen LogP contribution in [0.3, 0.4) is 0 Å². The van der Waals surface area contributed by atoms with Crippen LogP contribution in [0.4, 0.5) is 5.69 Å². The highest BCUT2D eigenvalue weighted by atomic mass is 35.5. The molecule has 0 fully saturated rings. The molecule has 0 saturated heterocycles. The summed E-state index contributed by atoms with van der Waals surface area (Å²) in [6, 6.07) is 22.8. The van der Waals surface area contributed by atoms with Crippen LogP contribution in [0.25, 0.3) is 0 Å². The van der Waals surface area contributed by atoms with Crippen molar-refractivity contribution < 1.29 is 9.53 Å². The molecule has 0 atom stereocenters. The normalized spacial score (nSPS) is 10.7. The van der Waals surface area contributed by atoms with Crippen LogP contribution in [-0.2, 0) is 11.4 Å². The Bertz CT molecular complexity index is 970. The predicted octanol–water partition coefficient (Wildman–Crippen LogP) is 4.79. The minimum Gasteiger partial charge on any atom is -0.489 e. The number of halogens is 1. The SMILES string of the molecule is Cc1ccc(NCC(=O)NN=Cc2ccc(OCc3ccccc3Cl)cc2)cc1. The van der Waals surface area contributed by atoms with Crippen LogP contribution in [0.5, 0.6) is 5.75 Å². The molecule has 0 aliphatic rings. The van der Waals surface area contributed by atoms with Crippen molar-refractivity contribution in [3.05, 3.63) is 94.5 Å². The van der Waals surface area contributed by atoms with Crippen LogP contribution >= 0.6 is 11.6 Å². The Labute approximate surface area is 175 Å². The van der Waals surface area contributed by atoms with Gasteiger partial charge in [0.1, 0.15) is 12.4 Å². The number of carbonyl (C=O) groups excluding carboxylic acids is 1. The number of nitrogens with one attached hydrogen (secondary N) is 2. The number of amides is 1. The topological polar surface area (TPSA) is 62.7 Å². The zero-order valence-corrected chi connectivity index (χ0v) is 16.8. The molecule has 0 unspecified atom stereocenters. The van der Waals surface area contributed by atoms with Gasteiger partial charge in [-0.25, -0.2) is 5.43 Å². The maximum Gasteiger partial charge on any atom is 0.259 e. The molecular weight excluding hydrogens is 386 g/mol. The molecule has 0 aliphatic heterocycles. The van der Waals surface area contributed by atoms with Gasteiger partial charge >= 0.3 is 0 Å². The molecule has 3 aromatic rings. The Morgan fingerprint density at radius 3 is 2.48 bits per heavy atom. The molecular formula is C23H22ClN3O2. The summed E-state index contributed by atoms with van der Waals surface area (Å²) in [7, 11) is 0. The molecule has 0 spiro atoms. The zero-order chi connectivity index (χ0) is 20.5. The van der Waals surface area contributed by atoms with Crippen LogP contribution in [-0.4, -0.2) is 18.7 Å². The summed E-state index contributed by atoms with van der Waals surface area (Å²) < 4.78 is 5.74. The summed E-state index contributed by atoms with van der Waals surface area (Å²) in [5.74, 6) is 0.509. The molecule has 0 heterocycles. The van der Waals surface area contributed by atoms with Crippen molar-refractivity contribution in [3.8, 4) is 5.75 Å². The number of carbonyl (C=O) groups is 1. The lowest BCUT2D eigenvalue weighted by Gasteiger charge is -2.08. The molecule has 6 heteroatoms. The van der Waals surface area contributed by atoms with Crippen LogP contribution in [0.1, 0.15) is 16.7 Å². The third-order valence-electron chi connectivity index (χ3n) is 4.14. The third-order valence-corrected chi connectivity index (χ3v) is 4.51.